The molecule has 0 bridgehead atoms. The van der Waals surface area contributed by atoms with Crippen LogP contribution in [0.1, 0.15) is 29.9 Å². The first-order valence-electron chi connectivity index (χ1n) is 6.08. The number of imidazole rings is 1. The fourth-order valence-corrected chi connectivity index (χ4v) is 2.93. The van der Waals surface area contributed by atoms with E-state index < -0.39 is 12.6 Å². The number of thiazole rings is 1. The molecular weight excluding hydrogens is 275 g/mol. The van der Waals surface area contributed by atoms with E-state index in [4.69, 9.17) is 0 Å². The highest BCUT2D eigenvalue weighted by Crippen LogP contribution is 2.21. The maximum atomic E-state index is 12.0. The quantitative estimate of drug-likeness (QED) is 0.855. The molecule has 0 saturated carbocycles. The molecule has 7 heteroatoms. The summed E-state index contributed by atoms with van der Waals surface area (Å²) in [5, 5.41) is 5.08. The average Bonchev–Trinajstić information content (AvgIpc) is 2.78. The number of fused-ring (bicyclic) bond motifs is 1. The Kier molecular flexibility index (Phi) is 4.15. The number of nitrogens with one attached hydrogen (secondary N) is 1. The Bertz CT molecular complexity index is 556. The second-order valence-corrected chi connectivity index (χ2v) is 5.37. The van der Waals surface area contributed by atoms with Gasteiger partial charge in [0.05, 0.1) is 11.4 Å². The zero-order valence-corrected chi connectivity index (χ0v) is 11.7. The molecule has 2 aromatic rings. The molecule has 19 heavy (non-hydrogen) atoms. The molecule has 0 spiro atoms. The molecule has 0 aliphatic carbocycles. The Balaban J connectivity index is 1.91. The van der Waals surface area contributed by atoms with Crippen LogP contribution >= 0.6 is 11.3 Å². The van der Waals surface area contributed by atoms with E-state index in [2.05, 4.69) is 14.7 Å². The van der Waals surface area contributed by atoms with Crippen molar-refractivity contribution in [1.82, 2.24) is 14.7 Å². The van der Waals surface area contributed by atoms with Crippen LogP contribution in [-0.4, -0.2) is 22.1 Å². The topological polar surface area (TPSA) is 29.3 Å². The van der Waals surface area contributed by atoms with Crippen LogP contribution in [0.2, 0.25) is 0 Å². The number of halogens is 3. The summed E-state index contributed by atoms with van der Waals surface area (Å²) in [5.41, 5.74) is 3.06. The van der Waals surface area contributed by atoms with Crippen molar-refractivity contribution in [3.63, 3.8) is 0 Å². The highest BCUT2D eigenvalue weighted by atomic mass is 32.1. The van der Waals surface area contributed by atoms with Crippen molar-refractivity contribution in [3.05, 3.63) is 22.5 Å². The normalized spacial score (nSPS) is 12.5. The molecule has 3 nitrogen and oxygen atoms in total. The fourth-order valence-electron chi connectivity index (χ4n) is 2.00. The van der Waals surface area contributed by atoms with Gasteiger partial charge in [-0.2, -0.15) is 13.2 Å². The Morgan fingerprint density at radius 2 is 2.11 bits per heavy atom. The maximum Gasteiger partial charge on any atom is 0.389 e. The lowest BCUT2D eigenvalue weighted by Gasteiger charge is -2.08. The van der Waals surface area contributed by atoms with Gasteiger partial charge in [0.25, 0.3) is 0 Å². The molecule has 106 valence electrons. The summed E-state index contributed by atoms with van der Waals surface area (Å²) in [6.07, 6.45) is -4.70. The van der Waals surface area contributed by atoms with E-state index in [1.165, 1.54) is 0 Å². The zero-order chi connectivity index (χ0) is 14.0. The monoisotopic (exact) mass is 291 g/mol. The minimum absolute atomic E-state index is 0.104. The minimum atomic E-state index is -4.06. The number of hydrogen-bond donors (Lipinski definition) is 1. The van der Waals surface area contributed by atoms with Crippen molar-refractivity contribution < 1.29 is 13.2 Å². The van der Waals surface area contributed by atoms with Crippen LogP contribution in [0.25, 0.3) is 4.96 Å². The van der Waals surface area contributed by atoms with Gasteiger partial charge in [0.1, 0.15) is 0 Å². The molecule has 1 N–H and O–H groups in total. The van der Waals surface area contributed by atoms with Crippen LogP contribution in [0.15, 0.2) is 5.38 Å². The number of rotatable bonds is 5. The zero-order valence-electron chi connectivity index (χ0n) is 10.8. The van der Waals surface area contributed by atoms with Gasteiger partial charge in [0.15, 0.2) is 4.96 Å². The van der Waals surface area contributed by atoms with Crippen molar-refractivity contribution in [2.45, 2.75) is 39.4 Å². The first kappa shape index (κ1) is 14.3. The number of aryl methyl sites for hydroxylation is 2. The second kappa shape index (κ2) is 5.50. The summed E-state index contributed by atoms with van der Waals surface area (Å²) in [6.45, 7) is 4.82. The lowest BCUT2D eigenvalue weighted by Crippen LogP contribution is -2.19. The van der Waals surface area contributed by atoms with Crippen molar-refractivity contribution in [2.24, 2.45) is 0 Å². The highest BCUT2D eigenvalue weighted by molar-refractivity contribution is 7.15. The summed E-state index contributed by atoms with van der Waals surface area (Å²) in [6, 6.07) is 0. The molecule has 0 saturated heterocycles. The molecule has 0 aliphatic heterocycles. The van der Waals surface area contributed by atoms with Crippen LogP contribution in [0.4, 0.5) is 13.2 Å². The molecule has 2 rings (SSSR count). The summed E-state index contributed by atoms with van der Waals surface area (Å²) < 4.78 is 38.1. The van der Waals surface area contributed by atoms with Crippen molar-refractivity contribution >= 4 is 16.3 Å². The molecule has 0 unspecified atom stereocenters. The van der Waals surface area contributed by atoms with E-state index in [1.54, 1.807) is 11.3 Å². The van der Waals surface area contributed by atoms with E-state index in [0.717, 1.165) is 22.0 Å². The minimum Gasteiger partial charge on any atom is -0.311 e. The van der Waals surface area contributed by atoms with E-state index in [-0.39, 0.29) is 6.42 Å². The lowest BCUT2D eigenvalue weighted by molar-refractivity contribution is -0.135. The Morgan fingerprint density at radius 1 is 1.37 bits per heavy atom. The summed E-state index contributed by atoms with van der Waals surface area (Å²) >= 11 is 1.57. The van der Waals surface area contributed by atoms with Gasteiger partial charge < -0.3 is 5.32 Å². The molecule has 0 aliphatic rings. The van der Waals surface area contributed by atoms with Crippen LogP contribution < -0.4 is 5.32 Å². The van der Waals surface area contributed by atoms with E-state index in [9.17, 15) is 13.2 Å². The number of hydrogen-bond acceptors (Lipinski definition) is 3. The van der Waals surface area contributed by atoms with E-state index >= 15 is 0 Å². The van der Waals surface area contributed by atoms with E-state index in [1.807, 2.05) is 19.2 Å². The van der Waals surface area contributed by atoms with Gasteiger partial charge in [-0.25, -0.2) is 4.98 Å². The van der Waals surface area contributed by atoms with Crippen LogP contribution in [0, 0.1) is 13.8 Å². The Hall–Kier alpha value is -1.08. The van der Waals surface area contributed by atoms with Crippen LogP contribution in [0.5, 0.6) is 0 Å². The summed E-state index contributed by atoms with van der Waals surface area (Å²) in [4.78, 5) is 5.37. The maximum absolute atomic E-state index is 12.0. The summed E-state index contributed by atoms with van der Waals surface area (Å²) in [5.74, 6) is 0. The molecule has 2 heterocycles. The van der Waals surface area contributed by atoms with Crippen LogP contribution in [0.3, 0.4) is 0 Å². The van der Waals surface area contributed by atoms with Gasteiger partial charge >= 0.3 is 6.18 Å². The Morgan fingerprint density at radius 3 is 2.79 bits per heavy atom. The van der Waals surface area contributed by atoms with E-state index in [0.29, 0.717) is 13.1 Å². The third-order valence-corrected chi connectivity index (χ3v) is 3.88. The van der Waals surface area contributed by atoms with Gasteiger partial charge in [0, 0.05) is 24.0 Å². The first-order chi connectivity index (χ1) is 8.88. The van der Waals surface area contributed by atoms with Gasteiger partial charge in [-0.3, -0.25) is 4.40 Å². The smallest absolute Gasteiger partial charge is 0.311 e. The van der Waals surface area contributed by atoms with Crippen molar-refractivity contribution in [2.75, 3.05) is 6.54 Å². The molecular formula is C12H16F3N3S. The standard InChI is InChI=1S/C12H16F3N3S/c1-8-7-19-11-17-9(2)10(18(8)11)6-16-5-3-4-12(13,14)15/h7,16H,3-6H2,1-2H3. The van der Waals surface area contributed by atoms with Gasteiger partial charge in [-0.15, -0.1) is 11.3 Å². The molecule has 0 aromatic carbocycles. The number of aromatic nitrogens is 2. The van der Waals surface area contributed by atoms with Gasteiger partial charge in [-0.1, -0.05) is 0 Å². The summed E-state index contributed by atoms with van der Waals surface area (Å²) in [7, 11) is 0. The number of alkyl halides is 3. The van der Waals surface area contributed by atoms with Crippen molar-refractivity contribution in [3.8, 4) is 0 Å². The SMILES string of the molecule is Cc1nc2scc(C)n2c1CNCCCC(F)(F)F. The van der Waals surface area contributed by atoms with Crippen molar-refractivity contribution in [1.29, 1.82) is 0 Å². The molecule has 0 radical (unpaired) electrons. The van der Waals surface area contributed by atoms with Crippen LogP contribution in [-0.2, 0) is 6.54 Å². The molecule has 0 atom stereocenters. The molecule has 2 aromatic heterocycles. The highest BCUT2D eigenvalue weighted by Gasteiger charge is 2.25. The third kappa shape index (κ3) is 3.48. The largest absolute Gasteiger partial charge is 0.389 e. The Labute approximate surface area is 113 Å². The molecule has 0 amide bonds. The predicted molar refractivity (Wildman–Crippen MR) is 69.5 cm³/mol. The molecule has 0 fully saturated rings. The number of nitrogens with zero attached hydrogens (tertiary/aromatic N) is 2. The van der Waals surface area contributed by atoms with Gasteiger partial charge in [0.2, 0.25) is 0 Å². The second-order valence-electron chi connectivity index (χ2n) is 4.53. The van der Waals surface area contributed by atoms with Gasteiger partial charge in [-0.05, 0) is 26.8 Å². The first-order valence-corrected chi connectivity index (χ1v) is 6.96. The third-order valence-electron chi connectivity index (χ3n) is 2.94. The average molecular weight is 291 g/mol. The lowest BCUT2D eigenvalue weighted by atomic mass is 10.3. The predicted octanol–water partition coefficient (Wildman–Crippen LogP) is 3.44. The fraction of sp³-hybridized carbons (Fsp3) is 0.583.